The maximum atomic E-state index is 13.1. The first-order valence-electron chi connectivity index (χ1n) is 5.24. The second-order valence-corrected chi connectivity index (χ2v) is 4.14. The van der Waals surface area contributed by atoms with Gasteiger partial charge in [0.15, 0.2) is 0 Å². The van der Waals surface area contributed by atoms with Crippen LogP contribution in [-0.2, 0) is 0 Å². The van der Waals surface area contributed by atoms with Crippen LogP contribution in [0, 0.1) is 5.82 Å². The lowest BCUT2D eigenvalue weighted by Gasteiger charge is -2.17. The molecule has 1 atom stereocenters. The van der Waals surface area contributed by atoms with Crippen molar-refractivity contribution in [2.75, 3.05) is 5.32 Å². The molecule has 1 aromatic rings. The van der Waals surface area contributed by atoms with Crippen molar-refractivity contribution in [3.8, 4) is 0 Å². The number of hydrogen-bond acceptors (Lipinski definition) is 3. The number of anilines is 1. The molecule has 0 bridgehead atoms. The Labute approximate surface area is 104 Å². The van der Waals surface area contributed by atoms with Crippen LogP contribution < -0.4 is 11.1 Å². The molecule has 0 spiro atoms. The van der Waals surface area contributed by atoms with Crippen LogP contribution in [0.1, 0.15) is 19.8 Å². The van der Waals surface area contributed by atoms with Crippen LogP contribution >= 0.6 is 11.6 Å². The molecule has 94 valence electrons. The molecule has 1 rings (SSSR count). The topological polar surface area (TPSA) is 70.6 Å². The van der Waals surface area contributed by atoms with Crippen molar-refractivity contribution in [2.45, 2.75) is 25.8 Å². The fraction of sp³-hybridized carbons (Fsp3) is 0.364. The minimum absolute atomic E-state index is 0.0382. The summed E-state index contributed by atoms with van der Waals surface area (Å²) in [5.41, 5.74) is 6.00. The molecule has 0 heterocycles. The lowest BCUT2D eigenvalue weighted by Crippen LogP contribution is -2.26. The molecule has 0 aromatic heterocycles. The smallest absolute Gasteiger partial charge is 0.141 e. The number of oxime groups is 1. The number of hydrogen-bond donors (Lipinski definition) is 3. The highest BCUT2D eigenvalue weighted by Crippen LogP contribution is 2.19. The summed E-state index contributed by atoms with van der Waals surface area (Å²) in [6.45, 7) is 1.95. The number of benzene rings is 1. The van der Waals surface area contributed by atoms with Crippen LogP contribution in [0.5, 0.6) is 0 Å². The highest BCUT2D eigenvalue weighted by molar-refractivity contribution is 6.30. The molecule has 4 nitrogen and oxygen atoms in total. The molecular formula is C11H15ClFN3O. The van der Waals surface area contributed by atoms with Crippen molar-refractivity contribution in [1.29, 1.82) is 0 Å². The number of rotatable bonds is 5. The van der Waals surface area contributed by atoms with Gasteiger partial charge in [-0.1, -0.05) is 23.7 Å². The summed E-state index contributed by atoms with van der Waals surface area (Å²) in [4.78, 5) is 0. The summed E-state index contributed by atoms with van der Waals surface area (Å²) in [5.74, 6) is -0.273. The van der Waals surface area contributed by atoms with Crippen LogP contribution in [0.15, 0.2) is 23.4 Å². The number of halogens is 2. The Bertz CT molecular complexity index is 391. The normalized spacial score (nSPS) is 13.5. The molecule has 0 radical (unpaired) electrons. The van der Waals surface area contributed by atoms with Crippen molar-refractivity contribution < 1.29 is 9.60 Å². The maximum Gasteiger partial charge on any atom is 0.141 e. The van der Waals surface area contributed by atoms with E-state index < -0.39 is 5.82 Å². The maximum absolute atomic E-state index is 13.1. The average Bonchev–Trinajstić information content (AvgIpc) is 2.26. The molecule has 1 aromatic carbocycles. The zero-order valence-corrected chi connectivity index (χ0v) is 10.2. The van der Waals surface area contributed by atoms with Gasteiger partial charge < -0.3 is 16.3 Å². The third-order valence-electron chi connectivity index (χ3n) is 2.31. The quantitative estimate of drug-likeness (QED) is 0.330. The van der Waals surface area contributed by atoms with Gasteiger partial charge in [-0.2, -0.15) is 0 Å². The van der Waals surface area contributed by atoms with Gasteiger partial charge >= 0.3 is 0 Å². The molecule has 0 saturated carbocycles. The highest BCUT2D eigenvalue weighted by Gasteiger charge is 2.09. The standard InChI is InChI=1S/C11H15ClFN3O/c1-2-9(6-11(14)16-17)15-10-4-7(12)3-8(13)5-10/h3-5,9,15,17H,2,6H2,1H3,(H2,14,16). The van der Waals surface area contributed by atoms with E-state index in [1.807, 2.05) is 6.92 Å². The van der Waals surface area contributed by atoms with Crippen molar-refractivity contribution >= 4 is 23.1 Å². The molecule has 4 N–H and O–H groups in total. The molecule has 0 saturated heterocycles. The first kappa shape index (κ1) is 13.6. The fourth-order valence-electron chi connectivity index (χ4n) is 1.46. The van der Waals surface area contributed by atoms with E-state index >= 15 is 0 Å². The van der Waals surface area contributed by atoms with Crippen LogP contribution in [0.2, 0.25) is 5.02 Å². The predicted octanol–water partition coefficient (Wildman–Crippen LogP) is 2.81. The summed E-state index contributed by atoms with van der Waals surface area (Å²) in [6, 6.07) is 4.17. The summed E-state index contributed by atoms with van der Waals surface area (Å²) in [5, 5.41) is 14.8. The van der Waals surface area contributed by atoms with Gasteiger partial charge in [-0.3, -0.25) is 0 Å². The monoisotopic (exact) mass is 259 g/mol. The Kier molecular flexibility index (Phi) is 5.03. The summed E-state index contributed by atoms with van der Waals surface area (Å²) in [6.07, 6.45) is 1.13. The van der Waals surface area contributed by atoms with E-state index in [9.17, 15) is 4.39 Å². The van der Waals surface area contributed by atoms with E-state index in [1.165, 1.54) is 12.1 Å². The Morgan fingerprint density at radius 1 is 1.59 bits per heavy atom. The number of nitrogens with one attached hydrogen (secondary N) is 1. The average molecular weight is 260 g/mol. The van der Waals surface area contributed by atoms with E-state index in [2.05, 4.69) is 10.5 Å². The largest absolute Gasteiger partial charge is 0.409 e. The molecule has 0 aliphatic carbocycles. The van der Waals surface area contributed by atoms with E-state index in [0.29, 0.717) is 17.1 Å². The molecule has 0 aliphatic rings. The minimum Gasteiger partial charge on any atom is -0.409 e. The summed E-state index contributed by atoms with van der Waals surface area (Å²) >= 11 is 5.74. The Morgan fingerprint density at radius 3 is 2.82 bits per heavy atom. The molecule has 17 heavy (non-hydrogen) atoms. The second kappa shape index (κ2) is 6.30. The Hall–Kier alpha value is -1.49. The Balaban J connectivity index is 2.73. The summed E-state index contributed by atoms with van der Waals surface area (Å²) in [7, 11) is 0. The molecule has 0 amide bonds. The first-order chi connectivity index (χ1) is 8.05. The van der Waals surface area contributed by atoms with Gasteiger partial charge in [-0.15, -0.1) is 0 Å². The fourth-order valence-corrected chi connectivity index (χ4v) is 1.69. The molecular weight excluding hydrogens is 245 g/mol. The third-order valence-corrected chi connectivity index (χ3v) is 2.53. The van der Waals surface area contributed by atoms with Crippen molar-refractivity contribution in [1.82, 2.24) is 0 Å². The predicted molar refractivity (Wildman–Crippen MR) is 67.1 cm³/mol. The molecule has 6 heteroatoms. The minimum atomic E-state index is -0.404. The van der Waals surface area contributed by atoms with E-state index in [4.69, 9.17) is 22.5 Å². The van der Waals surface area contributed by atoms with Gasteiger partial charge in [0, 0.05) is 23.2 Å². The van der Waals surface area contributed by atoms with Gasteiger partial charge in [0.25, 0.3) is 0 Å². The van der Waals surface area contributed by atoms with Crippen molar-refractivity contribution in [3.05, 3.63) is 29.0 Å². The third kappa shape index (κ3) is 4.48. The van der Waals surface area contributed by atoms with E-state index in [0.717, 1.165) is 6.42 Å². The van der Waals surface area contributed by atoms with Crippen LogP contribution in [0.4, 0.5) is 10.1 Å². The first-order valence-corrected chi connectivity index (χ1v) is 5.62. The van der Waals surface area contributed by atoms with Gasteiger partial charge in [-0.05, 0) is 24.6 Å². The number of nitrogens with zero attached hydrogens (tertiary/aromatic N) is 1. The van der Waals surface area contributed by atoms with Crippen LogP contribution in [0.25, 0.3) is 0 Å². The van der Waals surface area contributed by atoms with Crippen molar-refractivity contribution in [3.63, 3.8) is 0 Å². The number of nitrogens with two attached hydrogens (primary N) is 1. The lowest BCUT2D eigenvalue weighted by atomic mass is 10.1. The van der Waals surface area contributed by atoms with E-state index in [1.54, 1.807) is 6.07 Å². The SMILES string of the molecule is CCC(C/C(N)=N/O)Nc1cc(F)cc(Cl)c1. The van der Waals surface area contributed by atoms with E-state index in [-0.39, 0.29) is 11.9 Å². The number of amidine groups is 1. The molecule has 0 aliphatic heterocycles. The molecule has 1 unspecified atom stereocenters. The van der Waals surface area contributed by atoms with Gasteiger partial charge in [0.2, 0.25) is 0 Å². The van der Waals surface area contributed by atoms with Crippen LogP contribution in [-0.4, -0.2) is 17.1 Å². The Morgan fingerprint density at radius 2 is 2.29 bits per heavy atom. The lowest BCUT2D eigenvalue weighted by molar-refractivity contribution is 0.316. The second-order valence-electron chi connectivity index (χ2n) is 3.70. The zero-order chi connectivity index (χ0) is 12.8. The van der Waals surface area contributed by atoms with Crippen molar-refractivity contribution in [2.24, 2.45) is 10.9 Å². The van der Waals surface area contributed by atoms with Crippen LogP contribution in [0.3, 0.4) is 0 Å². The highest BCUT2D eigenvalue weighted by atomic mass is 35.5. The molecule has 0 fully saturated rings. The van der Waals surface area contributed by atoms with Gasteiger partial charge in [-0.25, -0.2) is 4.39 Å². The summed E-state index contributed by atoms with van der Waals surface area (Å²) < 4.78 is 13.1. The van der Waals surface area contributed by atoms with Gasteiger partial charge in [0.1, 0.15) is 11.7 Å². The zero-order valence-electron chi connectivity index (χ0n) is 9.45. The van der Waals surface area contributed by atoms with Gasteiger partial charge in [0.05, 0.1) is 0 Å².